The van der Waals surface area contributed by atoms with Crippen LogP contribution in [0.1, 0.15) is 30.9 Å². The lowest BCUT2D eigenvalue weighted by Gasteiger charge is -2.31. The molecule has 1 aromatic rings. The summed E-state index contributed by atoms with van der Waals surface area (Å²) in [5, 5.41) is 10.9. The molecule has 126 valence electrons. The van der Waals surface area contributed by atoms with Crippen LogP contribution in [0.4, 0.5) is 0 Å². The molecule has 0 saturated carbocycles. The van der Waals surface area contributed by atoms with Gasteiger partial charge in [0.1, 0.15) is 18.5 Å². The Morgan fingerprint density at radius 3 is 2.36 bits per heavy atom. The fourth-order valence-corrected chi connectivity index (χ4v) is 2.89. The number of ether oxygens (including phenoxy) is 1. The van der Waals surface area contributed by atoms with E-state index in [1.807, 2.05) is 26.0 Å². The molecule has 1 unspecified atom stereocenters. The van der Waals surface area contributed by atoms with E-state index in [4.69, 9.17) is 16.3 Å². The number of rotatable bonds is 5. The molecule has 1 saturated heterocycles. The van der Waals surface area contributed by atoms with Gasteiger partial charge in [-0.25, -0.2) is 0 Å². The Morgan fingerprint density at radius 2 is 1.82 bits per heavy atom. The van der Waals surface area contributed by atoms with Gasteiger partial charge in [-0.05, 0) is 69.0 Å². The lowest BCUT2D eigenvalue weighted by atomic mass is 9.99. The maximum atomic E-state index is 10.1. The van der Waals surface area contributed by atoms with Crippen LogP contribution in [-0.4, -0.2) is 42.4 Å². The average molecular weight is 347 g/mol. The minimum atomic E-state index is -0.449. The summed E-state index contributed by atoms with van der Waals surface area (Å²) >= 11 is 6.14. The van der Waals surface area contributed by atoms with Crippen LogP contribution >= 0.6 is 11.6 Å². The molecule has 22 heavy (non-hydrogen) atoms. The van der Waals surface area contributed by atoms with Crippen LogP contribution < -0.4 is 17.1 Å². The van der Waals surface area contributed by atoms with E-state index >= 15 is 0 Å². The molecule has 0 amide bonds. The average Bonchev–Trinajstić information content (AvgIpc) is 2.45. The summed E-state index contributed by atoms with van der Waals surface area (Å²) in [5.41, 5.74) is 2.01. The zero-order valence-corrected chi connectivity index (χ0v) is 15.1. The van der Waals surface area contributed by atoms with Crippen molar-refractivity contribution in [1.82, 2.24) is 4.90 Å². The SMILES string of the molecule is Cc1cc(OCC(O)CN2CCC(C)CC2)cc(C)c1Cl.[Cl-]. The minimum Gasteiger partial charge on any atom is -1.00 e. The van der Waals surface area contributed by atoms with Gasteiger partial charge in [0.2, 0.25) is 0 Å². The molecule has 1 fully saturated rings. The molecule has 1 aliphatic rings. The van der Waals surface area contributed by atoms with Gasteiger partial charge in [0.25, 0.3) is 0 Å². The summed E-state index contributed by atoms with van der Waals surface area (Å²) < 4.78 is 5.71. The highest BCUT2D eigenvalue weighted by Crippen LogP contribution is 2.26. The first kappa shape index (κ1) is 19.6. The van der Waals surface area contributed by atoms with E-state index in [2.05, 4.69) is 11.8 Å². The molecule has 0 aromatic heterocycles. The first-order valence-corrected chi connectivity index (χ1v) is 8.13. The number of halogens is 2. The van der Waals surface area contributed by atoms with Crippen molar-refractivity contribution >= 4 is 11.6 Å². The molecule has 0 aliphatic carbocycles. The molecule has 1 atom stereocenters. The van der Waals surface area contributed by atoms with E-state index in [1.165, 1.54) is 12.8 Å². The van der Waals surface area contributed by atoms with Crippen LogP contribution in [0.2, 0.25) is 5.02 Å². The van der Waals surface area contributed by atoms with Crippen LogP contribution in [0.15, 0.2) is 12.1 Å². The second-order valence-electron chi connectivity index (χ2n) is 6.32. The zero-order valence-electron chi connectivity index (χ0n) is 13.6. The molecular weight excluding hydrogens is 321 g/mol. The minimum absolute atomic E-state index is 0. The van der Waals surface area contributed by atoms with E-state index in [-0.39, 0.29) is 12.4 Å². The Bertz CT molecular complexity index is 451. The Labute approximate surface area is 145 Å². The molecule has 5 heteroatoms. The molecule has 2 rings (SSSR count). The Hall–Kier alpha value is -0.480. The highest BCUT2D eigenvalue weighted by Gasteiger charge is 2.18. The topological polar surface area (TPSA) is 32.7 Å². The van der Waals surface area contributed by atoms with Crippen molar-refractivity contribution in [3.8, 4) is 5.75 Å². The number of nitrogens with zero attached hydrogens (tertiary/aromatic N) is 1. The van der Waals surface area contributed by atoms with E-state index in [0.717, 1.165) is 40.9 Å². The summed E-state index contributed by atoms with van der Waals surface area (Å²) in [5.74, 6) is 1.59. The standard InChI is InChI=1S/C17H26ClNO2.ClH/c1-12-4-6-19(7-5-12)10-15(20)11-21-16-8-13(2)17(18)14(3)9-16;/h8-9,12,15,20H,4-7,10-11H2,1-3H3;1H/p-1. The van der Waals surface area contributed by atoms with Crippen molar-refractivity contribution in [2.75, 3.05) is 26.2 Å². The second kappa shape index (κ2) is 8.97. The summed E-state index contributed by atoms with van der Waals surface area (Å²) in [4.78, 5) is 2.33. The van der Waals surface area contributed by atoms with Crippen LogP contribution in [-0.2, 0) is 0 Å². The van der Waals surface area contributed by atoms with Gasteiger partial charge in [0.15, 0.2) is 0 Å². The van der Waals surface area contributed by atoms with E-state index in [1.54, 1.807) is 0 Å². The monoisotopic (exact) mass is 346 g/mol. The van der Waals surface area contributed by atoms with Crippen LogP contribution in [0.5, 0.6) is 5.75 Å². The largest absolute Gasteiger partial charge is 1.00 e. The third kappa shape index (κ3) is 5.62. The molecule has 1 aromatic carbocycles. The zero-order chi connectivity index (χ0) is 15.4. The molecule has 1 N–H and O–H groups in total. The fraction of sp³-hybridized carbons (Fsp3) is 0.647. The van der Waals surface area contributed by atoms with Gasteiger partial charge in [0, 0.05) is 11.6 Å². The molecule has 0 spiro atoms. The number of β-amino-alcohol motifs (C(OH)–C–C–N with tert-alkyl or cyclic N) is 1. The maximum absolute atomic E-state index is 10.1. The normalized spacial score (nSPS) is 17.9. The third-order valence-electron chi connectivity index (χ3n) is 4.20. The Kier molecular flexibility index (Phi) is 7.98. The van der Waals surface area contributed by atoms with Gasteiger partial charge in [-0.3, -0.25) is 0 Å². The highest BCUT2D eigenvalue weighted by molar-refractivity contribution is 6.32. The Morgan fingerprint density at radius 1 is 1.27 bits per heavy atom. The third-order valence-corrected chi connectivity index (χ3v) is 4.79. The number of hydrogen-bond acceptors (Lipinski definition) is 3. The second-order valence-corrected chi connectivity index (χ2v) is 6.70. The summed E-state index contributed by atoms with van der Waals surface area (Å²) in [6.45, 7) is 9.41. The van der Waals surface area contributed by atoms with E-state index < -0.39 is 6.10 Å². The molecule has 0 radical (unpaired) electrons. The van der Waals surface area contributed by atoms with Gasteiger partial charge in [0.05, 0.1) is 0 Å². The predicted octanol–water partition coefficient (Wildman–Crippen LogP) is 0.432. The van der Waals surface area contributed by atoms with Crippen molar-refractivity contribution in [2.24, 2.45) is 5.92 Å². The fourth-order valence-electron chi connectivity index (χ4n) is 2.78. The van der Waals surface area contributed by atoms with E-state index in [9.17, 15) is 5.11 Å². The van der Waals surface area contributed by atoms with Crippen molar-refractivity contribution < 1.29 is 22.3 Å². The number of piperidine rings is 1. The lowest BCUT2D eigenvalue weighted by Crippen LogP contribution is -3.00. The molecule has 1 heterocycles. The molecule has 3 nitrogen and oxygen atoms in total. The number of aliphatic hydroxyl groups is 1. The smallest absolute Gasteiger partial charge is 0.120 e. The van der Waals surface area contributed by atoms with Gasteiger partial charge in [-0.15, -0.1) is 0 Å². The van der Waals surface area contributed by atoms with Crippen molar-refractivity contribution in [2.45, 2.75) is 39.7 Å². The lowest BCUT2D eigenvalue weighted by molar-refractivity contribution is -0.00000670. The van der Waals surface area contributed by atoms with Gasteiger partial charge < -0.3 is 27.2 Å². The number of likely N-dealkylation sites (tertiary alicyclic amines) is 1. The van der Waals surface area contributed by atoms with Crippen molar-refractivity contribution in [3.63, 3.8) is 0 Å². The number of aliphatic hydroxyl groups excluding tert-OH is 1. The van der Waals surface area contributed by atoms with Crippen LogP contribution in [0.3, 0.4) is 0 Å². The molecule has 0 bridgehead atoms. The van der Waals surface area contributed by atoms with Gasteiger partial charge in [-0.2, -0.15) is 0 Å². The summed E-state index contributed by atoms with van der Waals surface area (Å²) in [6, 6.07) is 3.84. The first-order valence-electron chi connectivity index (χ1n) is 7.75. The van der Waals surface area contributed by atoms with Crippen LogP contribution in [0, 0.1) is 19.8 Å². The van der Waals surface area contributed by atoms with Crippen molar-refractivity contribution in [1.29, 1.82) is 0 Å². The predicted molar refractivity (Wildman–Crippen MR) is 87.3 cm³/mol. The first-order chi connectivity index (χ1) is 9.95. The van der Waals surface area contributed by atoms with Crippen LogP contribution in [0.25, 0.3) is 0 Å². The summed E-state index contributed by atoms with van der Waals surface area (Å²) in [7, 11) is 0. The van der Waals surface area contributed by atoms with Crippen molar-refractivity contribution in [3.05, 3.63) is 28.3 Å². The number of aryl methyl sites for hydroxylation is 2. The highest BCUT2D eigenvalue weighted by atomic mass is 35.5. The molecular formula is C17H26Cl2NO2-. The number of hydrogen-bond donors (Lipinski definition) is 1. The quantitative estimate of drug-likeness (QED) is 0.839. The maximum Gasteiger partial charge on any atom is 0.120 e. The van der Waals surface area contributed by atoms with Gasteiger partial charge in [-0.1, -0.05) is 18.5 Å². The van der Waals surface area contributed by atoms with E-state index in [0.29, 0.717) is 13.2 Å². The Balaban J connectivity index is 0.00000242. The molecule has 1 aliphatic heterocycles. The number of benzene rings is 1. The van der Waals surface area contributed by atoms with Gasteiger partial charge >= 0.3 is 0 Å². The summed E-state index contributed by atoms with van der Waals surface area (Å²) in [6.07, 6.45) is 2.00.